The van der Waals surface area contributed by atoms with Gasteiger partial charge in [-0.2, -0.15) is 13.2 Å². The van der Waals surface area contributed by atoms with E-state index in [1.165, 1.54) is 16.0 Å². The van der Waals surface area contributed by atoms with Crippen LogP contribution >= 0.6 is 24.0 Å². The van der Waals surface area contributed by atoms with E-state index < -0.39 is 12.7 Å². The number of aryl methyl sites for hydroxylation is 1. The number of piperidine rings is 1. The first-order valence-corrected chi connectivity index (χ1v) is 9.15. The molecule has 1 saturated heterocycles. The van der Waals surface area contributed by atoms with Crippen molar-refractivity contribution in [1.29, 1.82) is 0 Å². The van der Waals surface area contributed by atoms with Crippen LogP contribution in [0.5, 0.6) is 0 Å². The van der Waals surface area contributed by atoms with E-state index in [4.69, 9.17) is 0 Å². The Kier molecular flexibility index (Phi) is 10.4. The minimum atomic E-state index is -4.09. The van der Waals surface area contributed by atoms with E-state index in [1.54, 1.807) is 7.05 Å². The lowest BCUT2D eigenvalue weighted by Gasteiger charge is -2.32. The predicted molar refractivity (Wildman–Crippen MR) is 115 cm³/mol. The summed E-state index contributed by atoms with van der Waals surface area (Å²) in [5.74, 6) is 1.22. The van der Waals surface area contributed by atoms with Gasteiger partial charge in [0.05, 0.1) is 6.54 Å². The molecule has 0 saturated carbocycles. The summed E-state index contributed by atoms with van der Waals surface area (Å²) in [6.45, 7) is 3.82. The van der Waals surface area contributed by atoms with Crippen LogP contribution < -0.4 is 10.6 Å². The lowest BCUT2D eigenvalue weighted by Crippen LogP contribution is -2.41. The largest absolute Gasteiger partial charge is 0.401 e. The van der Waals surface area contributed by atoms with Crippen LogP contribution in [0.4, 0.5) is 13.2 Å². The number of hydrogen-bond acceptors (Lipinski definition) is 2. The maximum atomic E-state index is 12.4. The Hall–Kier alpha value is -1.03. The van der Waals surface area contributed by atoms with Crippen molar-refractivity contribution in [1.82, 2.24) is 15.5 Å². The zero-order chi connectivity index (χ0) is 19.0. The normalized spacial score (nSPS) is 16.7. The molecule has 0 radical (unpaired) electrons. The number of nitrogens with one attached hydrogen (secondary N) is 2. The van der Waals surface area contributed by atoms with Gasteiger partial charge in [-0.25, -0.2) is 0 Å². The first-order chi connectivity index (χ1) is 12.4. The average Bonchev–Trinajstić information content (AvgIpc) is 2.59. The standard InChI is InChI=1S/C19H29F3N4.HI/c1-15-3-5-17(6-4-15)13-25-18(23-2)24-10-7-16-8-11-26(12-9-16)14-19(20,21)22;/h3-6,16H,7-14H2,1-2H3,(H2,23,24,25);1H. The van der Waals surface area contributed by atoms with E-state index in [-0.39, 0.29) is 24.0 Å². The fraction of sp³-hybridized carbons (Fsp3) is 0.632. The Morgan fingerprint density at radius 3 is 2.33 bits per heavy atom. The summed E-state index contributed by atoms with van der Waals surface area (Å²) in [6, 6.07) is 8.34. The van der Waals surface area contributed by atoms with E-state index in [1.807, 2.05) is 0 Å². The molecule has 4 nitrogen and oxygen atoms in total. The van der Waals surface area contributed by atoms with Crippen LogP contribution in [0.25, 0.3) is 0 Å². The number of benzene rings is 1. The molecule has 154 valence electrons. The number of alkyl halides is 3. The molecule has 0 amide bonds. The maximum absolute atomic E-state index is 12.4. The lowest BCUT2D eigenvalue weighted by atomic mass is 9.93. The molecule has 1 aromatic carbocycles. The van der Waals surface area contributed by atoms with Crippen LogP contribution in [0.2, 0.25) is 0 Å². The zero-order valence-electron chi connectivity index (χ0n) is 16.0. The Balaban J connectivity index is 0.00000364. The summed E-state index contributed by atoms with van der Waals surface area (Å²) in [7, 11) is 1.74. The highest BCUT2D eigenvalue weighted by atomic mass is 127. The van der Waals surface area contributed by atoms with Crippen LogP contribution in [0, 0.1) is 12.8 Å². The van der Waals surface area contributed by atoms with Crippen molar-refractivity contribution in [2.45, 2.75) is 38.9 Å². The van der Waals surface area contributed by atoms with Crippen LogP contribution in [0.15, 0.2) is 29.3 Å². The maximum Gasteiger partial charge on any atom is 0.401 e. The number of nitrogens with zero attached hydrogens (tertiary/aromatic N) is 2. The van der Waals surface area contributed by atoms with Gasteiger partial charge in [-0.1, -0.05) is 29.8 Å². The van der Waals surface area contributed by atoms with E-state index >= 15 is 0 Å². The molecular formula is C19H30F3IN4. The highest BCUT2D eigenvalue weighted by Gasteiger charge is 2.32. The van der Waals surface area contributed by atoms with Gasteiger partial charge in [0.15, 0.2) is 5.96 Å². The van der Waals surface area contributed by atoms with Gasteiger partial charge >= 0.3 is 6.18 Å². The minimum absolute atomic E-state index is 0. The van der Waals surface area contributed by atoms with Crippen molar-refractivity contribution in [3.05, 3.63) is 35.4 Å². The Bertz CT molecular complexity index is 567. The van der Waals surface area contributed by atoms with Crippen molar-refractivity contribution in [2.75, 3.05) is 33.2 Å². The van der Waals surface area contributed by atoms with Gasteiger partial charge in [-0.3, -0.25) is 9.89 Å². The van der Waals surface area contributed by atoms with E-state index in [2.05, 4.69) is 46.8 Å². The monoisotopic (exact) mass is 498 g/mol. The first kappa shape index (κ1) is 24.0. The number of guanidine groups is 1. The molecule has 27 heavy (non-hydrogen) atoms. The predicted octanol–water partition coefficient (Wildman–Crippen LogP) is 3.94. The summed E-state index contributed by atoms with van der Waals surface area (Å²) >= 11 is 0. The molecule has 1 aliphatic rings. The molecule has 1 aromatic rings. The summed E-state index contributed by atoms with van der Waals surface area (Å²) < 4.78 is 37.2. The van der Waals surface area contributed by atoms with Gasteiger partial charge in [0.25, 0.3) is 0 Å². The Morgan fingerprint density at radius 2 is 1.78 bits per heavy atom. The third-order valence-electron chi connectivity index (χ3n) is 4.76. The summed E-state index contributed by atoms with van der Waals surface area (Å²) in [5, 5.41) is 6.57. The van der Waals surface area contributed by atoms with Crippen molar-refractivity contribution in [3.8, 4) is 0 Å². The second kappa shape index (κ2) is 11.7. The Labute approximate surface area is 177 Å². The van der Waals surface area contributed by atoms with Crippen LogP contribution in [-0.2, 0) is 6.54 Å². The molecule has 0 aliphatic carbocycles. The zero-order valence-corrected chi connectivity index (χ0v) is 18.3. The quantitative estimate of drug-likeness (QED) is 0.355. The van der Waals surface area contributed by atoms with Crippen molar-refractivity contribution >= 4 is 29.9 Å². The fourth-order valence-corrected chi connectivity index (χ4v) is 3.19. The molecular weight excluding hydrogens is 468 g/mol. The molecule has 0 atom stereocenters. The van der Waals surface area contributed by atoms with Gasteiger partial charge in [0.2, 0.25) is 0 Å². The van der Waals surface area contributed by atoms with E-state index in [0.717, 1.165) is 31.8 Å². The van der Waals surface area contributed by atoms with Crippen molar-refractivity contribution in [2.24, 2.45) is 10.9 Å². The summed E-state index contributed by atoms with van der Waals surface area (Å²) in [4.78, 5) is 5.72. The SMILES string of the molecule is CN=C(NCCC1CCN(CC(F)(F)F)CC1)NCc1ccc(C)cc1.I. The molecule has 0 aromatic heterocycles. The smallest absolute Gasteiger partial charge is 0.356 e. The third-order valence-corrected chi connectivity index (χ3v) is 4.76. The second-order valence-electron chi connectivity index (χ2n) is 6.96. The van der Waals surface area contributed by atoms with Crippen LogP contribution in [0.3, 0.4) is 0 Å². The summed E-state index contributed by atoms with van der Waals surface area (Å²) in [6.07, 6.45) is -1.49. The van der Waals surface area contributed by atoms with E-state index in [9.17, 15) is 13.2 Å². The molecule has 0 spiro atoms. The highest BCUT2D eigenvalue weighted by Crippen LogP contribution is 2.23. The molecule has 1 fully saturated rings. The van der Waals surface area contributed by atoms with Crippen LogP contribution in [-0.4, -0.2) is 50.3 Å². The number of halogens is 4. The molecule has 8 heteroatoms. The van der Waals surface area contributed by atoms with Crippen LogP contribution in [0.1, 0.15) is 30.4 Å². The van der Waals surface area contributed by atoms with E-state index in [0.29, 0.717) is 25.6 Å². The van der Waals surface area contributed by atoms with Gasteiger partial charge < -0.3 is 10.6 Å². The number of rotatable bonds is 6. The van der Waals surface area contributed by atoms with Crippen molar-refractivity contribution in [3.63, 3.8) is 0 Å². The fourth-order valence-electron chi connectivity index (χ4n) is 3.19. The van der Waals surface area contributed by atoms with Gasteiger partial charge in [-0.05, 0) is 50.8 Å². The average molecular weight is 498 g/mol. The lowest BCUT2D eigenvalue weighted by molar-refractivity contribution is -0.148. The molecule has 2 rings (SSSR count). The molecule has 1 aliphatic heterocycles. The van der Waals surface area contributed by atoms with Gasteiger partial charge in [0.1, 0.15) is 0 Å². The van der Waals surface area contributed by atoms with Crippen molar-refractivity contribution < 1.29 is 13.2 Å². The Morgan fingerprint density at radius 1 is 1.15 bits per heavy atom. The molecule has 0 bridgehead atoms. The first-order valence-electron chi connectivity index (χ1n) is 9.15. The van der Waals surface area contributed by atoms with Gasteiger partial charge in [0, 0.05) is 20.1 Å². The number of hydrogen-bond donors (Lipinski definition) is 2. The van der Waals surface area contributed by atoms with Gasteiger partial charge in [-0.15, -0.1) is 24.0 Å². The molecule has 2 N–H and O–H groups in total. The second-order valence-corrected chi connectivity index (χ2v) is 6.96. The molecule has 1 heterocycles. The summed E-state index contributed by atoms with van der Waals surface area (Å²) in [5.41, 5.74) is 2.42. The minimum Gasteiger partial charge on any atom is -0.356 e. The third kappa shape index (κ3) is 9.64. The number of likely N-dealkylation sites (tertiary alicyclic amines) is 1. The molecule has 0 unspecified atom stereocenters. The number of aliphatic imine (C=N–C) groups is 1. The highest BCUT2D eigenvalue weighted by molar-refractivity contribution is 14.0. The topological polar surface area (TPSA) is 39.7 Å².